The number of nitrogens with zero attached hydrogens (tertiary/aromatic N) is 4. The topological polar surface area (TPSA) is 106 Å². The van der Waals surface area contributed by atoms with E-state index < -0.39 is 6.04 Å². The highest BCUT2D eigenvalue weighted by Gasteiger charge is 2.39. The molecule has 56 heavy (non-hydrogen) atoms. The highest BCUT2D eigenvalue weighted by atomic mass is 32.1. The number of anilines is 2. The fourth-order valence-corrected chi connectivity index (χ4v) is 9.83. The molecule has 10 nitrogen and oxygen atoms in total. The number of fused-ring (bicyclic) bond motifs is 2. The molecule has 2 radical (unpaired) electrons. The number of amides is 3. The first kappa shape index (κ1) is 36.3. The summed E-state index contributed by atoms with van der Waals surface area (Å²) < 4.78 is 7.52. The number of hydrogen-bond donors (Lipinski definition) is 2. The molecule has 284 valence electrons. The van der Waals surface area contributed by atoms with Crippen molar-refractivity contribution >= 4 is 63.8 Å². The Balaban J connectivity index is 0.746. The third kappa shape index (κ3) is 7.35. The van der Waals surface area contributed by atoms with Crippen molar-refractivity contribution in [2.75, 3.05) is 55.6 Å². The monoisotopic (exact) mass is 765 g/mol. The number of hydrogen-bond acceptors (Lipinski definition) is 9. The van der Waals surface area contributed by atoms with E-state index in [2.05, 4.69) is 38.2 Å². The van der Waals surface area contributed by atoms with Gasteiger partial charge in [0, 0.05) is 79.3 Å². The van der Waals surface area contributed by atoms with Gasteiger partial charge in [0.15, 0.2) is 5.75 Å². The molecule has 3 amide bonds. The molecule has 9 rings (SSSR count). The van der Waals surface area contributed by atoms with Crippen LogP contribution >= 0.6 is 11.3 Å². The van der Waals surface area contributed by atoms with Gasteiger partial charge in [0.25, 0.3) is 5.91 Å². The van der Waals surface area contributed by atoms with Crippen LogP contribution in [0, 0.1) is 5.92 Å². The van der Waals surface area contributed by atoms with Crippen molar-refractivity contribution in [1.29, 1.82) is 0 Å². The molecule has 1 atom stereocenters. The molecule has 4 aliphatic heterocycles. The highest BCUT2D eigenvalue weighted by molar-refractivity contribution is 7.22. The van der Waals surface area contributed by atoms with Crippen molar-refractivity contribution in [2.45, 2.75) is 44.7 Å². The molecule has 12 heteroatoms. The van der Waals surface area contributed by atoms with Crippen LogP contribution in [0.5, 0.6) is 17.2 Å². The third-order valence-electron chi connectivity index (χ3n) is 11.9. The fourth-order valence-electron chi connectivity index (χ4n) is 8.66. The fraction of sp³-hybridized carbons (Fsp3) is 0.341. The van der Waals surface area contributed by atoms with Gasteiger partial charge in [-0.3, -0.25) is 24.6 Å². The minimum Gasteiger partial charge on any atom is -0.508 e. The number of ether oxygens (including phenoxy) is 1. The van der Waals surface area contributed by atoms with Gasteiger partial charge in [0.2, 0.25) is 11.8 Å². The predicted molar refractivity (Wildman–Crippen MR) is 222 cm³/mol. The van der Waals surface area contributed by atoms with Gasteiger partial charge in [-0.1, -0.05) is 29.7 Å². The largest absolute Gasteiger partial charge is 0.508 e. The van der Waals surface area contributed by atoms with E-state index in [1.54, 1.807) is 28.4 Å². The quantitative estimate of drug-likeness (QED) is 0.138. The molecule has 1 unspecified atom stereocenters. The predicted octanol–water partition coefficient (Wildman–Crippen LogP) is 6.05. The van der Waals surface area contributed by atoms with Crippen LogP contribution in [-0.2, 0) is 16.1 Å². The number of carbonyl (C=O) groups is 3. The van der Waals surface area contributed by atoms with E-state index >= 15 is 0 Å². The number of carbonyl (C=O) groups excluding carboxylic acids is 3. The molecule has 1 aromatic heterocycles. The maximum atomic E-state index is 13.1. The average Bonchev–Trinajstić information content (AvgIpc) is 3.73. The van der Waals surface area contributed by atoms with Gasteiger partial charge in [-0.05, 0) is 110 Å². The van der Waals surface area contributed by atoms with Gasteiger partial charge in [-0.2, -0.15) is 0 Å². The molecule has 0 bridgehead atoms. The van der Waals surface area contributed by atoms with Crippen LogP contribution in [0.3, 0.4) is 0 Å². The van der Waals surface area contributed by atoms with Crippen molar-refractivity contribution in [3.8, 4) is 27.7 Å². The lowest BCUT2D eigenvalue weighted by molar-refractivity contribution is -0.136. The van der Waals surface area contributed by atoms with Gasteiger partial charge >= 0.3 is 0 Å². The number of piperazine rings is 1. The van der Waals surface area contributed by atoms with Gasteiger partial charge in [-0.15, -0.1) is 11.3 Å². The molecular weight excluding hydrogens is 721 g/mol. The Kier molecular flexibility index (Phi) is 9.93. The Bertz CT molecular complexity index is 2280. The summed E-state index contributed by atoms with van der Waals surface area (Å²) in [6.45, 7) is 7.57. The first-order valence-corrected chi connectivity index (χ1v) is 20.5. The van der Waals surface area contributed by atoms with E-state index in [1.807, 2.05) is 54.6 Å². The van der Waals surface area contributed by atoms with Crippen LogP contribution in [0.2, 0.25) is 0 Å². The van der Waals surface area contributed by atoms with E-state index in [9.17, 15) is 19.5 Å². The Morgan fingerprint density at radius 1 is 0.804 bits per heavy atom. The summed E-state index contributed by atoms with van der Waals surface area (Å²) in [4.78, 5) is 47.3. The molecule has 2 N–H and O–H groups in total. The van der Waals surface area contributed by atoms with E-state index in [1.165, 1.54) is 12.1 Å². The zero-order valence-corrected chi connectivity index (χ0v) is 32.1. The molecular formula is C44H44BN5O5S. The molecule has 4 aliphatic rings. The average molecular weight is 766 g/mol. The summed E-state index contributed by atoms with van der Waals surface area (Å²) in [5, 5.41) is 13.5. The summed E-state index contributed by atoms with van der Waals surface area (Å²) in [6, 6.07) is 27.1. The molecule has 0 aliphatic carbocycles. The van der Waals surface area contributed by atoms with Crippen molar-refractivity contribution in [3.63, 3.8) is 0 Å². The first-order chi connectivity index (χ1) is 27.3. The number of aromatic hydroxyl groups is 1. The van der Waals surface area contributed by atoms with Gasteiger partial charge in [0.05, 0.1) is 4.88 Å². The number of phenolic OH excluding ortho intramolecular Hbond substituents is 1. The van der Waals surface area contributed by atoms with Crippen molar-refractivity contribution < 1.29 is 24.2 Å². The van der Waals surface area contributed by atoms with Gasteiger partial charge in [-0.25, -0.2) is 0 Å². The van der Waals surface area contributed by atoms with Crippen molar-refractivity contribution in [3.05, 3.63) is 96.1 Å². The second kappa shape index (κ2) is 15.3. The second-order valence-electron chi connectivity index (χ2n) is 15.4. The number of benzene rings is 4. The molecule has 0 saturated carbocycles. The van der Waals surface area contributed by atoms with Gasteiger partial charge < -0.3 is 24.5 Å². The zero-order valence-electron chi connectivity index (χ0n) is 31.3. The van der Waals surface area contributed by atoms with Crippen LogP contribution in [0.15, 0.2) is 84.9 Å². The molecule has 3 saturated heterocycles. The number of rotatable bonds is 9. The maximum Gasteiger partial charge on any atom is 0.255 e. The maximum absolute atomic E-state index is 13.1. The lowest BCUT2D eigenvalue weighted by Gasteiger charge is -2.38. The van der Waals surface area contributed by atoms with E-state index in [0.29, 0.717) is 29.9 Å². The van der Waals surface area contributed by atoms with Crippen LogP contribution < -0.4 is 25.3 Å². The Morgan fingerprint density at radius 3 is 2.29 bits per heavy atom. The minimum atomic E-state index is -0.588. The van der Waals surface area contributed by atoms with Crippen molar-refractivity contribution in [2.24, 2.45) is 5.92 Å². The van der Waals surface area contributed by atoms with Gasteiger partial charge in [0.1, 0.15) is 25.4 Å². The van der Waals surface area contributed by atoms with Crippen LogP contribution in [0.4, 0.5) is 11.4 Å². The van der Waals surface area contributed by atoms with Crippen molar-refractivity contribution in [1.82, 2.24) is 15.1 Å². The Labute approximate surface area is 332 Å². The summed E-state index contributed by atoms with van der Waals surface area (Å²) in [6.07, 6.45) is 4.14. The number of nitrogens with one attached hydrogen (secondary N) is 1. The van der Waals surface area contributed by atoms with E-state index in [-0.39, 0.29) is 29.9 Å². The third-order valence-corrected chi connectivity index (χ3v) is 13.1. The number of phenols is 1. The Morgan fingerprint density at radius 2 is 1.54 bits per heavy atom. The lowest BCUT2D eigenvalue weighted by atomic mass is 9.92. The highest BCUT2D eigenvalue weighted by Crippen LogP contribution is 2.47. The number of thiophene rings is 1. The summed E-state index contributed by atoms with van der Waals surface area (Å²) in [5.74, 6) is 1.71. The summed E-state index contributed by atoms with van der Waals surface area (Å²) in [5.41, 5.74) is 5.69. The second-order valence-corrected chi connectivity index (χ2v) is 16.5. The number of imide groups is 1. The zero-order chi connectivity index (χ0) is 38.3. The SMILES string of the molecule is [B]c1ccc(-c2sc3cc(O)ccc3c2Oc2ccc(N3CCN(CCC4CCN(c5ccc6c(c5)CN(C5CCC(=O)NC5=O)C6=O)CC4)CC3)cc2)cc1. The minimum absolute atomic E-state index is 0.125. The van der Waals surface area contributed by atoms with E-state index in [0.717, 1.165) is 102 Å². The lowest BCUT2D eigenvalue weighted by Crippen LogP contribution is -2.52. The molecule has 5 heterocycles. The molecule has 0 spiro atoms. The van der Waals surface area contributed by atoms with Crippen LogP contribution in [0.1, 0.15) is 48.0 Å². The molecule has 5 aromatic rings. The van der Waals surface area contributed by atoms with Crippen LogP contribution in [-0.4, -0.2) is 92.3 Å². The van der Waals surface area contributed by atoms with E-state index in [4.69, 9.17) is 12.6 Å². The first-order valence-electron chi connectivity index (χ1n) is 19.6. The Hall–Kier alpha value is -5.33. The normalized spacial score (nSPS) is 19.5. The summed E-state index contributed by atoms with van der Waals surface area (Å²) in [7, 11) is 5.96. The standard InChI is InChI=1S/C44H44BN5O5S/c45-31-3-1-29(2-4-31)42-41(37-12-8-34(51)26-39(37)56-42)55-35-9-5-32(6-10-35)49-23-21-47(22-24-49)18-15-28-16-19-48(20-17-28)33-7-11-36-30(25-33)27-50(44(36)54)38-13-14-40(52)46-43(38)53/h1-12,25-26,28,38,51H,13-24,27H2,(H,46,52,53). The smallest absolute Gasteiger partial charge is 0.255 e. The van der Waals surface area contributed by atoms with Crippen LogP contribution in [0.25, 0.3) is 20.5 Å². The summed E-state index contributed by atoms with van der Waals surface area (Å²) >= 11 is 1.59. The molecule has 3 fully saturated rings. The number of piperidine rings is 2. The molecule has 4 aromatic carbocycles.